The molecule has 1 aliphatic rings. The number of amides is 2. The third-order valence-corrected chi connectivity index (χ3v) is 3.45. The van der Waals surface area contributed by atoms with Gasteiger partial charge in [-0.3, -0.25) is 0 Å². The number of nitrogens with one attached hydrogen (secondary N) is 1. The summed E-state index contributed by atoms with van der Waals surface area (Å²) in [5, 5.41) is 12.8. The van der Waals surface area contributed by atoms with E-state index in [1.165, 1.54) is 12.8 Å². The van der Waals surface area contributed by atoms with Crippen LogP contribution >= 0.6 is 0 Å². The summed E-state index contributed by atoms with van der Waals surface area (Å²) in [4.78, 5) is 13.5. The van der Waals surface area contributed by atoms with E-state index in [-0.39, 0.29) is 12.1 Å². The van der Waals surface area contributed by atoms with Crippen LogP contribution in [0.2, 0.25) is 0 Å². The van der Waals surface area contributed by atoms with Crippen LogP contribution in [0.25, 0.3) is 0 Å². The Morgan fingerprint density at radius 1 is 1.42 bits per heavy atom. The Hall–Kier alpha value is -0.810. The summed E-state index contributed by atoms with van der Waals surface area (Å²) in [6, 6.07) is -0.0647. The second-order valence-corrected chi connectivity index (χ2v) is 5.48. The number of carbonyl (C=O) groups is 1. The van der Waals surface area contributed by atoms with Crippen LogP contribution in [0.5, 0.6) is 0 Å². The zero-order valence-electron chi connectivity index (χ0n) is 12.4. The first-order chi connectivity index (χ1) is 9.04. The van der Waals surface area contributed by atoms with Gasteiger partial charge in [-0.15, -0.1) is 0 Å². The van der Waals surface area contributed by atoms with E-state index in [0.717, 1.165) is 12.8 Å². The van der Waals surface area contributed by atoms with Crippen molar-refractivity contribution in [2.24, 2.45) is 0 Å². The van der Waals surface area contributed by atoms with Crippen LogP contribution in [0, 0.1) is 0 Å². The molecule has 1 aliphatic carbocycles. The Kier molecular flexibility index (Phi) is 7.16. The first kappa shape index (κ1) is 16.2. The normalized spacial score (nSPS) is 17.7. The van der Waals surface area contributed by atoms with Crippen LogP contribution in [-0.4, -0.2) is 54.0 Å². The Balaban J connectivity index is 2.33. The van der Waals surface area contributed by atoms with Gasteiger partial charge in [0.25, 0.3) is 0 Å². The number of carbonyl (C=O) groups excluding carboxylic acids is 1. The molecule has 0 heterocycles. The van der Waals surface area contributed by atoms with Crippen molar-refractivity contribution >= 4 is 6.03 Å². The standard InChI is InChI=1S/C14H28N2O3/c1-4-15-14(18)16(11(2)3)9-12(17)10-19-13-7-5-6-8-13/h11-13,17H,4-10H2,1-3H3,(H,15,18). The summed E-state index contributed by atoms with van der Waals surface area (Å²) >= 11 is 0. The van der Waals surface area contributed by atoms with Gasteiger partial charge >= 0.3 is 6.03 Å². The third kappa shape index (κ3) is 5.78. The molecule has 0 aromatic rings. The van der Waals surface area contributed by atoms with E-state index in [1.807, 2.05) is 20.8 Å². The zero-order chi connectivity index (χ0) is 14.3. The summed E-state index contributed by atoms with van der Waals surface area (Å²) in [6.45, 7) is 7.00. The summed E-state index contributed by atoms with van der Waals surface area (Å²) in [5.74, 6) is 0. The zero-order valence-corrected chi connectivity index (χ0v) is 12.4. The predicted octanol–water partition coefficient (Wildman–Crippen LogP) is 1.75. The fourth-order valence-corrected chi connectivity index (χ4v) is 2.36. The van der Waals surface area contributed by atoms with E-state index in [0.29, 0.717) is 25.8 Å². The molecule has 0 bridgehead atoms. The average molecular weight is 272 g/mol. The van der Waals surface area contributed by atoms with Crippen molar-refractivity contribution in [3.8, 4) is 0 Å². The SMILES string of the molecule is CCNC(=O)N(CC(O)COC1CCCC1)C(C)C. The molecule has 0 aliphatic heterocycles. The van der Waals surface area contributed by atoms with E-state index in [2.05, 4.69) is 5.32 Å². The molecule has 2 amide bonds. The van der Waals surface area contributed by atoms with Gasteiger partial charge in [0.15, 0.2) is 0 Å². The lowest BCUT2D eigenvalue weighted by atomic mass is 10.2. The molecule has 0 aromatic heterocycles. The molecule has 2 N–H and O–H groups in total. The number of hydrogen-bond acceptors (Lipinski definition) is 3. The number of rotatable bonds is 7. The maximum Gasteiger partial charge on any atom is 0.317 e. The van der Waals surface area contributed by atoms with Gasteiger partial charge in [0, 0.05) is 12.6 Å². The lowest BCUT2D eigenvalue weighted by Gasteiger charge is -2.29. The highest BCUT2D eigenvalue weighted by molar-refractivity contribution is 5.74. The number of hydrogen-bond donors (Lipinski definition) is 2. The van der Waals surface area contributed by atoms with E-state index in [1.54, 1.807) is 4.90 Å². The minimum Gasteiger partial charge on any atom is -0.389 e. The Labute approximate surface area is 116 Å². The Morgan fingerprint density at radius 2 is 2.05 bits per heavy atom. The number of aliphatic hydroxyl groups excluding tert-OH is 1. The molecule has 0 aromatic carbocycles. The number of aliphatic hydroxyl groups is 1. The molecule has 19 heavy (non-hydrogen) atoms. The van der Waals surface area contributed by atoms with Gasteiger partial charge in [0.1, 0.15) is 0 Å². The van der Waals surface area contributed by atoms with Gasteiger partial charge in [-0.1, -0.05) is 12.8 Å². The van der Waals surface area contributed by atoms with E-state index >= 15 is 0 Å². The highest BCUT2D eigenvalue weighted by Crippen LogP contribution is 2.21. The van der Waals surface area contributed by atoms with Crippen molar-refractivity contribution in [3.05, 3.63) is 0 Å². The van der Waals surface area contributed by atoms with E-state index in [4.69, 9.17) is 4.74 Å². The first-order valence-corrected chi connectivity index (χ1v) is 7.38. The quantitative estimate of drug-likeness (QED) is 0.742. The lowest BCUT2D eigenvalue weighted by molar-refractivity contribution is -0.0166. The second kappa shape index (κ2) is 8.38. The first-order valence-electron chi connectivity index (χ1n) is 7.38. The molecule has 1 rings (SSSR count). The van der Waals surface area contributed by atoms with Gasteiger partial charge in [-0.25, -0.2) is 4.79 Å². The van der Waals surface area contributed by atoms with Crippen molar-refractivity contribution in [2.45, 2.75) is 64.7 Å². The molecule has 0 radical (unpaired) electrons. The van der Waals surface area contributed by atoms with E-state index in [9.17, 15) is 9.90 Å². The summed E-state index contributed by atoms with van der Waals surface area (Å²) in [5.41, 5.74) is 0. The van der Waals surface area contributed by atoms with Crippen LogP contribution in [0.1, 0.15) is 46.5 Å². The number of urea groups is 1. The topological polar surface area (TPSA) is 61.8 Å². The van der Waals surface area contributed by atoms with Crippen LogP contribution in [0.15, 0.2) is 0 Å². The van der Waals surface area contributed by atoms with Gasteiger partial charge < -0.3 is 20.1 Å². The van der Waals surface area contributed by atoms with Crippen LogP contribution in [0.3, 0.4) is 0 Å². The minimum atomic E-state index is -0.620. The van der Waals surface area contributed by atoms with Crippen molar-refractivity contribution < 1.29 is 14.6 Å². The van der Waals surface area contributed by atoms with Crippen LogP contribution in [-0.2, 0) is 4.74 Å². The van der Waals surface area contributed by atoms with Crippen LogP contribution in [0.4, 0.5) is 4.79 Å². The van der Waals surface area contributed by atoms with Crippen LogP contribution < -0.4 is 5.32 Å². The molecule has 5 nitrogen and oxygen atoms in total. The molecule has 5 heteroatoms. The Morgan fingerprint density at radius 3 is 2.58 bits per heavy atom. The van der Waals surface area contributed by atoms with Crippen molar-refractivity contribution in [3.63, 3.8) is 0 Å². The summed E-state index contributed by atoms with van der Waals surface area (Å²) in [6.07, 6.45) is 4.31. The van der Waals surface area contributed by atoms with Gasteiger partial charge in [-0.2, -0.15) is 0 Å². The monoisotopic (exact) mass is 272 g/mol. The molecule has 0 saturated heterocycles. The molecular formula is C14H28N2O3. The highest BCUT2D eigenvalue weighted by Gasteiger charge is 2.22. The molecule has 1 fully saturated rings. The summed E-state index contributed by atoms with van der Waals surface area (Å²) < 4.78 is 5.68. The van der Waals surface area contributed by atoms with Gasteiger partial charge in [0.05, 0.1) is 25.4 Å². The average Bonchev–Trinajstić information content (AvgIpc) is 2.86. The molecule has 0 spiro atoms. The Bertz CT molecular complexity index is 265. The maximum atomic E-state index is 11.8. The maximum absolute atomic E-state index is 11.8. The molecule has 1 unspecified atom stereocenters. The van der Waals surface area contributed by atoms with Crippen molar-refractivity contribution in [1.82, 2.24) is 10.2 Å². The smallest absolute Gasteiger partial charge is 0.317 e. The third-order valence-electron chi connectivity index (χ3n) is 3.45. The van der Waals surface area contributed by atoms with Crippen molar-refractivity contribution in [1.29, 1.82) is 0 Å². The largest absolute Gasteiger partial charge is 0.389 e. The molecule has 1 saturated carbocycles. The fraction of sp³-hybridized carbons (Fsp3) is 0.929. The number of nitrogens with zero attached hydrogens (tertiary/aromatic N) is 1. The highest BCUT2D eigenvalue weighted by atomic mass is 16.5. The minimum absolute atomic E-state index is 0.0627. The van der Waals surface area contributed by atoms with Gasteiger partial charge in [-0.05, 0) is 33.6 Å². The number of ether oxygens (including phenoxy) is 1. The van der Waals surface area contributed by atoms with Crippen molar-refractivity contribution in [2.75, 3.05) is 19.7 Å². The molecule has 1 atom stereocenters. The predicted molar refractivity (Wildman–Crippen MR) is 75.1 cm³/mol. The second-order valence-electron chi connectivity index (χ2n) is 5.48. The fourth-order valence-electron chi connectivity index (χ4n) is 2.36. The molecule has 112 valence electrons. The lowest BCUT2D eigenvalue weighted by Crippen LogP contribution is -2.48. The molecular weight excluding hydrogens is 244 g/mol. The van der Waals surface area contributed by atoms with E-state index < -0.39 is 6.10 Å². The van der Waals surface area contributed by atoms with Gasteiger partial charge in [0.2, 0.25) is 0 Å². The summed E-state index contributed by atoms with van der Waals surface area (Å²) in [7, 11) is 0.